The van der Waals surface area contributed by atoms with E-state index in [-0.39, 0.29) is 25.7 Å². The fourth-order valence-electron chi connectivity index (χ4n) is 9.51. The van der Waals surface area contributed by atoms with Crippen LogP contribution >= 0.6 is 15.6 Å². The van der Waals surface area contributed by atoms with Gasteiger partial charge < -0.3 is 33.8 Å². The number of aliphatic hydroxyl groups is 1. The van der Waals surface area contributed by atoms with Crippen LogP contribution in [-0.2, 0) is 65.4 Å². The molecule has 5 unspecified atom stereocenters. The topological polar surface area (TPSA) is 237 Å². The lowest BCUT2D eigenvalue weighted by Crippen LogP contribution is -2.30. The van der Waals surface area contributed by atoms with Crippen LogP contribution in [0.15, 0.2) is 182 Å². The molecule has 0 bridgehead atoms. The Labute approximate surface area is 628 Å². The number of esters is 4. The van der Waals surface area contributed by atoms with Gasteiger partial charge in [0.2, 0.25) is 0 Å². The van der Waals surface area contributed by atoms with Crippen LogP contribution < -0.4 is 0 Å². The summed E-state index contributed by atoms with van der Waals surface area (Å²) in [6, 6.07) is 0. The molecule has 0 fully saturated rings. The van der Waals surface area contributed by atoms with Crippen LogP contribution in [0.25, 0.3) is 0 Å². The maximum absolute atomic E-state index is 13.1. The minimum absolute atomic E-state index is 0.0256. The molecule has 104 heavy (non-hydrogen) atoms. The molecule has 588 valence electrons. The summed E-state index contributed by atoms with van der Waals surface area (Å²) in [4.78, 5) is 72.9. The molecule has 19 heteroatoms. The van der Waals surface area contributed by atoms with E-state index in [2.05, 4.69) is 192 Å². The van der Waals surface area contributed by atoms with Gasteiger partial charge in [0.15, 0.2) is 12.2 Å². The smallest absolute Gasteiger partial charge is 0.462 e. The first-order valence-electron chi connectivity index (χ1n) is 39.0. The molecule has 0 aliphatic heterocycles. The highest BCUT2D eigenvalue weighted by atomic mass is 31.2. The van der Waals surface area contributed by atoms with Gasteiger partial charge in [0.25, 0.3) is 0 Å². The molecule has 3 N–H and O–H groups in total. The van der Waals surface area contributed by atoms with Gasteiger partial charge in [-0.15, -0.1) is 0 Å². The van der Waals surface area contributed by atoms with Gasteiger partial charge in [-0.3, -0.25) is 37.3 Å². The average Bonchev–Trinajstić information content (AvgIpc) is 0.918. The third-order valence-corrected chi connectivity index (χ3v) is 17.3. The molecule has 0 saturated carbocycles. The van der Waals surface area contributed by atoms with Crippen molar-refractivity contribution in [2.75, 3.05) is 39.6 Å². The maximum atomic E-state index is 13.1. The second kappa shape index (κ2) is 75.4. The summed E-state index contributed by atoms with van der Waals surface area (Å²) in [5.41, 5.74) is 0. The van der Waals surface area contributed by atoms with Crippen molar-refractivity contribution in [3.63, 3.8) is 0 Å². The van der Waals surface area contributed by atoms with E-state index in [1.54, 1.807) is 0 Å². The normalized spacial score (nSPS) is 14.9. The average molecular weight is 1490 g/mol. The number of phosphoric ester groups is 2. The van der Waals surface area contributed by atoms with Crippen molar-refractivity contribution in [1.82, 2.24) is 0 Å². The van der Waals surface area contributed by atoms with Crippen molar-refractivity contribution in [3.05, 3.63) is 182 Å². The molecule has 0 heterocycles. The molecule has 0 radical (unpaired) electrons. The molecule has 0 aromatic rings. The Morgan fingerprint density at radius 1 is 0.279 bits per heavy atom. The molecular formula is C85H136O17P2. The van der Waals surface area contributed by atoms with E-state index in [4.69, 9.17) is 37.0 Å². The number of ether oxygens (including phenoxy) is 4. The lowest BCUT2D eigenvalue weighted by molar-refractivity contribution is -0.161. The van der Waals surface area contributed by atoms with E-state index >= 15 is 0 Å². The largest absolute Gasteiger partial charge is 0.472 e. The van der Waals surface area contributed by atoms with Crippen molar-refractivity contribution in [3.8, 4) is 0 Å². The Morgan fingerprint density at radius 3 is 0.846 bits per heavy atom. The van der Waals surface area contributed by atoms with Crippen LogP contribution in [0.4, 0.5) is 0 Å². The quantitative estimate of drug-likeness (QED) is 0.0169. The van der Waals surface area contributed by atoms with Crippen LogP contribution in [0.3, 0.4) is 0 Å². The van der Waals surface area contributed by atoms with E-state index in [0.717, 1.165) is 167 Å². The van der Waals surface area contributed by atoms with Gasteiger partial charge in [-0.1, -0.05) is 261 Å². The van der Waals surface area contributed by atoms with Crippen LogP contribution in [0, 0.1) is 0 Å². The van der Waals surface area contributed by atoms with Gasteiger partial charge in [0.1, 0.15) is 19.3 Å². The van der Waals surface area contributed by atoms with Crippen molar-refractivity contribution < 1.29 is 80.2 Å². The van der Waals surface area contributed by atoms with Gasteiger partial charge in [-0.2, -0.15) is 0 Å². The van der Waals surface area contributed by atoms with Crippen LogP contribution in [0.1, 0.15) is 272 Å². The van der Waals surface area contributed by atoms with E-state index in [1.807, 2.05) is 18.2 Å². The number of phosphoric acid groups is 2. The number of hydrogen-bond donors (Lipinski definition) is 3. The molecular weight excluding hydrogens is 1350 g/mol. The van der Waals surface area contributed by atoms with Crippen LogP contribution in [-0.4, -0.2) is 96.7 Å². The van der Waals surface area contributed by atoms with E-state index < -0.39 is 97.5 Å². The van der Waals surface area contributed by atoms with Crippen LogP contribution in [0.2, 0.25) is 0 Å². The van der Waals surface area contributed by atoms with Crippen LogP contribution in [0.5, 0.6) is 0 Å². The number of unbranched alkanes of at least 4 members (excludes halogenated alkanes) is 15. The Kier molecular flexibility index (Phi) is 71.2. The lowest BCUT2D eigenvalue weighted by Gasteiger charge is -2.21. The first-order valence-corrected chi connectivity index (χ1v) is 42.0. The third-order valence-electron chi connectivity index (χ3n) is 15.4. The molecule has 5 atom stereocenters. The van der Waals surface area contributed by atoms with Gasteiger partial charge in [-0.25, -0.2) is 9.13 Å². The van der Waals surface area contributed by atoms with Crippen molar-refractivity contribution in [1.29, 1.82) is 0 Å². The fraction of sp³-hybridized carbons (Fsp3) is 0.600. The summed E-state index contributed by atoms with van der Waals surface area (Å²) in [6.07, 6.45) is 90.4. The summed E-state index contributed by atoms with van der Waals surface area (Å²) in [5.74, 6) is -2.37. The van der Waals surface area contributed by atoms with Gasteiger partial charge in [0, 0.05) is 25.7 Å². The van der Waals surface area contributed by atoms with E-state index in [1.165, 1.54) is 19.3 Å². The summed E-state index contributed by atoms with van der Waals surface area (Å²) in [7, 11) is -10.0. The molecule has 0 spiro atoms. The van der Waals surface area contributed by atoms with Gasteiger partial charge >= 0.3 is 39.5 Å². The first-order chi connectivity index (χ1) is 50.7. The summed E-state index contributed by atoms with van der Waals surface area (Å²) >= 11 is 0. The zero-order valence-corrected chi connectivity index (χ0v) is 65.9. The second-order valence-electron chi connectivity index (χ2n) is 25.1. The molecule has 0 rings (SSSR count). The zero-order valence-electron chi connectivity index (χ0n) is 64.1. The summed E-state index contributed by atoms with van der Waals surface area (Å²) < 4.78 is 68.4. The first kappa shape index (κ1) is 98.2. The third kappa shape index (κ3) is 74.4. The summed E-state index contributed by atoms with van der Waals surface area (Å²) in [6.45, 7) is 4.31. The Hall–Kier alpha value is -5.84. The Balaban J connectivity index is 5.50. The monoisotopic (exact) mass is 1490 g/mol. The zero-order chi connectivity index (χ0) is 76.0. The number of carbonyl (C=O) groups excluding carboxylic acids is 4. The number of allylic oxidation sites excluding steroid dienone is 30. The molecule has 0 aromatic heterocycles. The predicted octanol–water partition coefficient (Wildman–Crippen LogP) is 22.8. The number of rotatable bonds is 71. The Bertz CT molecular complexity index is 2690. The SMILES string of the molecule is CC/C=C\C/C=C\C/C=C\C/C=C\C/C=C\C/C=C\CCC(=O)OCC(COP(=O)(O)OCC(O)COP(=O)(O)OCC(COC(=O)CCCC/C=C\C/C=C\C/C=C\C/C=C\CC)OC(=O)CCCCCCC/C=C\C/C=C\C/C=C\CC)OC(=O)CCCCCCC/C=C\C/C=C\CCCCC. The van der Waals surface area contributed by atoms with Gasteiger partial charge in [-0.05, 0) is 167 Å². The highest BCUT2D eigenvalue weighted by Crippen LogP contribution is 2.45. The second-order valence-corrected chi connectivity index (χ2v) is 28.1. The highest BCUT2D eigenvalue weighted by molar-refractivity contribution is 7.47. The molecule has 0 saturated heterocycles. The summed E-state index contributed by atoms with van der Waals surface area (Å²) in [5, 5.41) is 10.6. The van der Waals surface area contributed by atoms with Crippen molar-refractivity contribution in [2.45, 2.75) is 290 Å². The van der Waals surface area contributed by atoms with E-state index in [0.29, 0.717) is 32.1 Å². The molecule has 0 amide bonds. The molecule has 0 aliphatic carbocycles. The standard InChI is InChI=1S/C85H136O17P2/c1-5-9-13-17-21-25-29-33-37-38-39-40-44-46-50-54-58-62-66-70-83(88)96-76-81(102-85(90)72-68-64-60-56-52-48-43-36-32-28-24-20-16-12-8-4)78-100-104(93,94)98-74-79(86)73-97-103(91,92)99-77-80(101-84(89)71-67-63-59-55-51-47-42-35-31-27-23-19-15-11-7-3)75-95-82(87)69-65-61-57-53-49-45-41-34-30-26-22-18-14-10-6-2/h9-11,13-15,21-28,33-37,39-43,46,49-50,53,58,62,79-81,86H,5-8,12,16-20,29-32,38,44-45,47-48,51-52,54-57,59-61,63-78H2,1-4H3,(H,91,92)(H,93,94)/b13-9-,14-10-,15-11-,25-21-,26-22-,27-23-,28-24-,37-33-,40-39-,41-34-,42-35-,43-36-,50-46-,53-49-,62-58-. The minimum Gasteiger partial charge on any atom is -0.462 e. The number of aliphatic hydroxyl groups excluding tert-OH is 1. The molecule has 17 nitrogen and oxygen atoms in total. The highest BCUT2D eigenvalue weighted by Gasteiger charge is 2.30. The fourth-order valence-corrected chi connectivity index (χ4v) is 11.1. The maximum Gasteiger partial charge on any atom is 0.472 e. The van der Waals surface area contributed by atoms with E-state index in [9.17, 15) is 43.2 Å². The number of carbonyl (C=O) groups is 4. The Morgan fingerprint density at radius 2 is 0.519 bits per heavy atom. The molecule has 0 aromatic carbocycles. The molecule has 0 aliphatic rings. The van der Waals surface area contributed by atoms with Gasteiger partial charge in [0.05, 0.1) is 26.4 Å². The number of hydrogen-bond acceptors (Lipinski definition) is 15. The predicted molar refractivity (Wildman–Crippen MR) is 426 cm³/mol. The lowest BCUT2D eigenvalue weighted by atomic mass is 10.1. The van der Waals surface area contributed by atoms with Crippen molar-refractivity contribution >= 4 is 39.5 Å². The minimum atomic E-state index is -5.01. The van der Waals surface area contributed by atoms with Crippen molar-refractivity contribution in [2.24, 2.45) is 0 Å².